The van der Waals surface area contributed by atoms with Crippen LogP contribution in [0, 0.1) is 0 Å². The summed E-state index contributed by atoms with van der Waals surface area (Å²) < 4.78 is -0.750. The second-order valence-electron chi connectivity index (χ2n) is 0.247. The first-order valence-electron chi connectivity index (χ1n) is 0.655. The van der Waals surface area contributed by atoms with Gasteiger partial charge in [0.05, 0.1) is 0 Å². The van der Waals surface area contributed by atoms with Gasteiger partial charge in [-0.05, 0) is 0 Å². The van der Waals surface area contributed by atoms with Crippen LogP contribution in [-0.4, -0.2) is 4.30 Å². The fraction of sp³-hybridized carbons (Fsp3) is 1.00. The molecule has 0 aliphatic rings. The number of hydrogen-bond donors (Lipinski definition) is 0. The van der Waals surface area contributed by atoms with Crippen LogP contribution in [0.4, 0.5) is 0 Å². The Balaban J connectivity index is -0.0000000150. The van der Waals surface area contributed by atoms with E-state index in [0.717, 1.165) is 0 Å². The van der Waals surface area contributed by atoms with Gasteiger partial charge in [0.2, 0.25) is 0 Å². The third-order valence-electron chi connectivity index (χ3n) is 0. The zero-order valence-corrected chi connectivity index (χ0v) is 6.35. The van der Waals surface area contributed by atoms with Gasteiger partial charge in [-0.2, -0.15) is 0 Å². The summed E-state index contributed by atoms with van der Waals surface area (Å²) in [5.41, 5.74) is 0. The maximum atomic E-state index is 4.81. The van der Waals surface area contributed by atoms with Gasteiger partial charge in [-0.15, -0.1) is 0 Å². The molecule has 0 aromatic carbocycles. The Bertz CT molecular complexity index is 17.7. The summed E-state index contributed by atoms with van der Waals surface area (Å²) in [4.78, 5) is 0. The molecule has 0 fully saturated rings. The predicted molar refractivity (Wildman–Crippen MR) is 22.7 cm³/mol. The van der Waals surface area contributed by atoms with Gasteiger partial charge in [0.25, 0.3) is 0 Å². The number of halogens is 3. The molecule has 0 spiro atoms. The van der Waals surface area contributed by atoms with E-state index < -0.39 is 4.30 Å². The van der Waals surface area contributed by atoms with E-state index in [9.17, 15) is 0 Å². The van der Waals surface area contributed by atoms with E-state index in [-0.39, 0.29) is 28.0 Å². The van der Waals surface area contributed by atoms with Gasteiger partial charge in [0.15, 0.2) is 4.30 Å². The van der Waals surface area contributed by atoms with Crippen molar-refractivity contribution >= 4 is 34.8 Å². The quantitative estimate of drug-likeness (QED) is 0.428. The summed E-state index contributed by atoms with van der Waals surface area (Å²) in [6.07, 6.45) is 0. The maximum absolute atomic E-state index is 4.81. The molecule has 0 saturated heterocycles. The van der Waals surface area contributed by atoms with Crippen molar-refractivity contribution in [2.75, 3.05) is 0 Å². The van der Waals surface area contributed by atoms with Crippen LogP contribution >= 0.6 is 34.8 Å². The number of alkyl halides is 3. The molecule has 0 aromatic heterocycles. The number of rotatable bonds is 0. The average molecular weight is 206 g/mol. The molecule has 0 unspecified atom stereocenters. The fourth-order valence-electron chi connectivity index (χ4n) is 0. The molecule has 0 amide bonds. The Kier molecular flexibility index (Phi) is 53.5. The van der Waals surface area contributed by atoms with Crippen LogP contribution in [0.15, 0.2) is 0 Å². The van der Waals surface area contributed by atoms with Gasteiger partial charge in [-0.1, -0.05) is 34.8 Å². The van der Waals surface area contributed by atoms with E-state index in [1.54, 1.807) is 0 Å². The largest absolute Gasteiger partial charge is 2.00 e. The molecular formula is CHCl3MnO2-4. The molecule has 0 saturated carbocycles. The third-order valence-corrected chi connectivity index (χ3v) is 0. The first-order valence-corrected chi connectivity index (χ1v) is 1.96. The molecule has 0 aromatic rings. The van der Waals surface area contributed by atoms with E-state index in [0.29, 0.717) is 0 Å². The molecule has 0 bridgehead atoms. The molecule has 49 valence electrons. The van der Waals surface area contributed by atoms with Gasteiger partial charge in [-0.25, -0.2) is 0 Å². The Morgan fingerprint density at radius 1 is 0.857 bits per heavy atom. The summed E-state index contributed by atoms with van der Waals surface area (Å²) >= 11 is 14.4. The average Bonchev–Trinajstić information content (AvgIpc) is 0.811. The number of hydrogen-bond acceptors (Lipinski definition) is 0. The van der Waals surface area contributed by atoms with Gasteiger partial charge in [0.1, 0.15) is 0 Å². The normalized spacial score (nSPS) is 5.14. The summed E-state index contributed by atoms with van der Waals surface area (Å²) in [5, 5.41) is 0. The van der Waals surface area contributed by atoms with E-state index in [4.69, 9.17) is 34.8 Å². The zero-order chi connectivity index (χ0) is 3.58. The molecular weight excluding hydrogens is 205 g/mol. The van der Waals surface area contributed by atoms with Crippen LogP contribution < -0.4 is 0 Å². The fourth-order valence-corrected chi connectivity index (χ4v) is 0. The second-order valence-corrected chi connectivity index (χ2v) is 2.23. The first kappa shape index (κ1) is 23.9. The first-order chi connectivity index (χ1) is 1.73. The molecule has 0 aliphatic heterocycles. The smallest absolute Gasteiger partial charge is 0.180 e. The summed E-state index contributed by atoms with van der Waals surface area (Å²) in [6.45, 7) is 0. The van der Waals surface area contributed by atoms with Crippen molar-refractivity contribution in [1.29, 1.82) is 0 Å². The van der Waals surface area contributed by atoms with E-state index in [2.05, 4.69) is 0 Å². The van der Waals surface area contributed by atoms with Crippen LogP contribution in [0.5, 0.6) is 0 Å². The Morgan fingerprint density at radius 3 is 0.857 bits per heavy atom. The van der Waals surface area contributed by atoms with Crippen molar-refractivity contribution in [2.24, 2.45) is 0 Å². The van der Waals surface area contributed by atoms with Gasteiger partial charge < -0.3 is 11.0 Å². The van der Waals surface area contributed by atoms with E-state index >= 15 is 0 Å². The Hall–Kier alpha value is 1.31. The minimum Gasteiger partial charge on any atom is -2.00 e. The van der Waals surface area contributed by atoms with Gasteiger partial charge in [0, 0.05) is 17.1 Å². The molecule has 0 heterocycles. The van der Waals surface area contributed by atoms with Crippen LogP contribution in [0.2, 0.25) is 0 Å². The minimum atomic E-state index is -0.750. The standard InChI is InChI=1S/CHCl3.Mn.2O/c2-1(3)4;;;/h1H;;;/q;;2*-2. The Morgan fingerprint density at radius 2 is 0.857 bits per heavy atom. The maximum Gasteiger partial charge on any atom is 0.180 e. The SMILES string of the molecule is ClC(Cl)Cl.[Mn].[O-2].[O-2]. The molecule has 6 heteroatoms. The van der Waals surface area contributed by atoms with Crippen molar-refractivity contribution in [3.63, 3.8) is 0 Å². The van der Waals surface area contributed by atoms with Crippen LogP contribution in [0.3, 0.4) is 0 Å². The minimum absolute atomic E-state index is 0. The monoisotopic (exact) mass is 205 g/mol. The zero-order valence-electron chi connectivity index (χ0n) is 2.91. The molecule has 0 rings (SSSR count). The molecule has 0 N–H and O–H groups in total. The van der Waals surface area contributed by atoms with Gasteiger partial charge in [-0.3, -0.25) is 0 Å². The van der Waals surface area contributed by atoms with Crippen molar-refractivity contribution in [1.82, 2.24) is 0 Å². The summed E-state index contributed by atoms with van der Waals surface area (Å²) in [7, 11) is 0. The van der Waals surface area contributed by atoms with Crippen molar-refractivity contribution in [3.05, 3.63) is 0 Å². The second kappa shape index (κ2) is 15.7. The van der Waals surface area contributed by atoms with Crippen molar-refractivity contribution in [3.8, 4) is 0 Å². The topological polar surface area (TPSA) is 57.0 Å². The van der Waals surface area contributed by atoms with E-state index in [1.165, 1.54) is 0 Å². The molecule has 7 heavy (non-hydrogen) atoms. The summed E-state index contributed by atoms with van der Waals surface area (Å²) in [5.74, 6) is 0. The molecule has 2 nitrogen and oxygen atoms in total. The molecule has 0 aliphatic carbocycles. The summed E-state index contributed by atoms with van der Waals surface area (Å²) in [6, 6.07) is 0. The van der Waals surface area contributed by atoms with Crippen LogP contribution in [-0.2, 0) is 28.0 Å². The predicted octanol–water partition coefficient (Wildman–Crippen LogP) is 1.75. The molecule has 0 atom stereocenters. The van der Waals surface area contributed by atoms with Crippen molar-refractivity contribution < 1.29 is 28.0 Å². The van der Waals surface area contributed by atoms with E-state index in [1.807, 2.05) is 0 Å². The van der Waals surface area contributed by atoms with Crippen LogP contribution in [0.1, 0.15) is 0 Å². The molecule has 1 radical (unpaired) electrons. The third kappa shape index (κ3) is 120. The van der Waals surface area contributed by atoms with Crippen molar-refractivity contribution in [2.45, 2.75) is 4.30 Å². The van der Waals surface area contributed by atoms with Gasteiger partial charge >= 0.3 is 0 Å². The Labute approximate surface area is 67.2 Å². The van der Waals surface area contributed by atoms with Crippen LogP contribution in [0.25, 0.3) is 0 Å².